The Morgan fingerprint density at radius 2 is 2.29 bits per heavy atom. The van der Waals surface area contributed by atoms with Crippen molar-refractivity contribution in [3.8, 4) is 0 Å². The number of hydrogen-bond donors (Lipinski definition) is 2. The summed E-state index contributed by atoms with van der Waals surface area (Å²) in [5.41, 5.74) is -0.425. The van der Waals surface area contributed by atoms with E-state index in [2.05, 4.69) is 9.97 Å². The summed E-state index contributed by atoms with van der Waals surface area (Å²) in [7, 11) is 1.66. The number of likely N-dealkylation sites (tertiary alicyclic amines) is 1. The van der Waals surface area contributed by atoms with Crippen LogP contribution in [0.4, 0.5) is 4.79 Å². The normalized spacial score (nSPS) is 21.1. The smallest absolute Gasteiger partial charge is 0.327 e. The Bertz CT molecular complexity index is 512. The molecule has 0 radical (unpaired) electrons. The molecule has 0 aromatic carbocycles. The predicted octanol–water partition coefficient (Wildman–Crippen LogP) is 1.54. The van der Waals surface area contributed by atoms with Crippen molar-refractivity contribution in [1.29, 1.82) is 0 Å². The highest BCUT2D eigenvalue weighted by Crippen LogP contribution is 2.35. The van der Waals surface area contributed by atoms with Crippen LogP contribution in [0.2, 0.25) is 0 Å². The Kier molecular flexibility index (Phi) is 4.20. The van der Waals surface area contributed by atoms with E-state index in [4.69, 9.17) is 0 Å². The molecular formula is C14H22N4O3. The molecule has 7 heteroatoms. The second-order valence-electron chi connectivity index (χ2n) is 6.20. The lowest BCUT2D eigenvalue weighted by molar-refractivity contribution is -0.148. The first-order valence-electron chi connectivity index (χ1n) is 7.06. The number of hydrogen-bond acceptors (Lipinski definition) is 3. The fraction of sp³-hybridized carbons (Fsp3) is 0.643. The summed E-state index contributed by atoms with van der Waals surface area (Å²) >= 11 is 0. The molecule has 2 amide bonds. The van der Waals surface area contributed by atoms with Crippen molar-refractivity contribution < 1.29 is 14.7 Å². The van der Waals surface area contributed by atoms with E-state index in [0.29, 0.717) is 18.9 Å². The number of H-pyrrole nitrogens is 1. The van der Waals surface area contributed by atoms with Gasteiger partial charge in [0.15, 0.2) is 0 Å². The largest absolute Gasteiger partial charge is 0.480 e. The zero-order valence-corrected chi connectivity index (χ0v) is 12.7. The van der Waals surface area contributed by atoms with Gasteiger partial charge in [-0.3, -0.25) is 0 Å². The van der Waals surface area contributed by atoms with Crippen LogP contribution in [0.3, 0.4) is 0 Å². The molecule has 2 rings (SSSR count). The Balaban J connectivity index is 2.14. The van der Waals surface area contributed by atoms with Crippen molar-refractivity contribution in [3.63, 3.8) is 0 Å². The highest BCUT2D eigenvalue weighted by atomic mass is 16.4. The standard InChI is InChI=1S/C14H22N4O3/c1-14(2)5-4-8-18(11(14)12(19)20)13(21)17(3)9-10-15-6-7-16-10/h6-7,11H,4-5,8-9H2,1-3H3,(H,15,16)(H,19,20). The molecule has 1 saturated heterocycles. The number of imidazole rings is 1. The van der Waals surface area contributed by atoms with Gasteiger partial charge in [-0.15, -0.1) is 0 Å². The van der Waals surface area contributed by atoms with Crippen LogP contribution >= 0.6 is 0 Å². The molecule has 1 aliphatic heterocycles. The average Bonchev–Trinajstić information content (AvgIpc) is 2.88. The van der Waals surface area contributed by atoms with Crippen LogP contribution < -0.4 is 0 Å². The SMILES string of the molecule is CN(Cc1ncc[nH]1)C(=O)N1CCCC(C)(C)C1C(=O)O. The number of rotatable bonds is 3. The summed E-state index contributed by atoms with van der Waals surface area (Å²) in [6, 6.07) is -1.07. The molecule has 2 N–H and O–H groups in total. The summed E-state index contributed by atoms with van der Waals surface area (Å²) in [6.07, 6.45) is 4.93. The van der Waals surface area contributed by atoms with Crippen LogP contribution in [0, 0.1) is 5.41 Å². The van der Waals surface area contributed by atoms with Crippen LogP contribution in [0.25, 0.3) is 0 Å². The molecule has 1 atom stereocenters. The molecular weight excluding hydrogens is 272 g/mol. The molecule has 116 valence electrons. The third kappa shape index (κ3) is 3.17. The van der Waals surface area contributed by atoms with Gasteiger partial charge < -0.3 is 19.9 Å². The fourth-order valence-electron chi connectivity index (χ4n) is 2.96. The van der Waals surface area contributed by atoms with Gasteiger partial charge in [-0.1, -0.05) is 13.8 Å². The van der Waals surface area contributed by atoms with Crippen molar-refractivity contribution in [1.82, 2.24) is 19.8 Å². The minimum atomic E-state index is -0.945. The van der Waals surface area contributed by atoms with Crippen LogP contribution in [-0.2, 0) is 11.3 Å². The van der Waals surface area contributed by atoms with E-state index in [1.165, 1.54) is 9.80 Å². The highest BCUT2D eigenvalue weighted by Gasteiger charge is 2.45. The van der Waals surface area contributed by atoms with Crippen LogP contribution in [0.1, 0.15) is 32.5 Å². The van der Waals surface area contributed by atoms with Gasteiger partial charge in [0.1, 0.15) is 11.9 Å². The molecule has 7 nitrogen and oxygen atoms in total. The maximum atomic E-state index is 12.6. The molecule has 0 spiro atoms. The van der Waals surface area contributed by atoms with Crippen LogP contribution in [-0.4, -0.2) is 56.5 Å². The van der Waals surface area contributed by atoms with Gasteiger partial charge in [0, 0.05) is 26.0 Å². The molecule has 1 aliphatic rings. The third-order valence-corrected chi connectivity index (χ3v) is 4.02. The number of amides is 2. The fourth-order valence-corrected chi connectivity index (χ4v) is 2.96. The molecule has 1 aromatic rings. The van der Waals surface area contributed by atoms with Crippen molar-refractivity contribution in [2.75, 3.05) is 13.6 Å². The van der Waals surface area contributed by atoms with Gasteiger partial charge in [0.2, 0.25) is 0 Å². The summed E-state index contributed by atoms with van der Waals surface area (Å²) in [4.78, 5) is 34.1. The van der Waals surface area contributed by atoms with Crippen molar-refractivity contribution >= 4 is 12.0 Å². The lowest BCUT2D eigenvalue weighted by Crippen LogP contribution is -2.58. The Morgan fingerprint density at radius 1 is 1.57 bits per heavy atom. The van der Waals surface area contributed by atoms with E-state index in [1.54, 1.807) is 19.4 Å². The van der Waals surface area contributed by atoms with Gasteiger partial charge in [0.05, 0.1) is 6.54 Å². The summed E-state index contributed by atoms with van der Waals surface area (Å²) < 4.78 is 0. The lowest BCUT2D eigenvalue weighted by atomic mass is 9.76. The van der Waals surface area contributed by atoms with Crippen molar-refractivity contribution in [2.45, 2.75) is 39.3 Å². The van der Waals surface area contributed by atoms with Gasteiger partial charge in [-0.2, -0.15) is 0 Å². The topological polar surface area (TPSA) is 89.5 Å². The number of nitrogens with one attached hydrogen (secondary N) is 1. The second-order valence-corrected chi connectivity index (χ2v) is 6.20. The molecule has 1 fully saturated rings. The zero-order valence-electron chi connectivity index (χ0n) is 12.7. The number of urea groups is 1. The summed E-state index contributed by atoms with van der Waals surface area (Å²) in [5.74, 6) is -0.270. The van der Waals surface area contributed by atoms with Gasteiger partial charge in [-0.05, 0) is 18.3 Å². The summed E-state index contributed by atoms with van der Waals surface area (Å²) in [6.45, 7) is 4.60. The molecule has 0 saturated carbocycles. The number of aromatic nitrogens is 2. The molecule has 1 unspecified atom stereocenters. The predicted molar refractivity (Wildman–Crippen MR) is 76.6 cm³/mol. The molecule has 1 aromatic heterocycles. The summed E-state index contributed by atoms with van der Waals surface area (Å²) in [5, 5.41) is 9.50. The highest BCUT2D eigenvalue weighted by molar-refractivity contribution is 5.83. The van der Waals surface area contributed by atoms with Gasteiger partial charge in [-0.25, -0.2) is 14.6 Å². The first kappa shape index (κ1) is 15.3. The molecule has 21 heavy (non-hydrogen) atoms. The molecule has 0 bridgehead atoms. The number of carbonyl (C=O) groups is 2. The Morgan fingerprint density at radius 3 is 2.86 bits per heavy atom. The first-order chi connectivity index (χ1) is 9.83. The maximum Gasteiger partial charge on any atom is 0.327 e. The van der Waals surface area contributed by atoms with Crippen LogP contribution in [0.5, 0.6) is 0 Å². The van der Waals surface area contributed by atoms with E-state index < -0.39 is 17.4 Å². The van der Waals surface area contributed by atoms with E-state index in [-0.39, 0.29) is 6.03 Å². The maximum absolute atomic E-state index is 12.6. The van der Waals surface area contributed by atoms with Crippen LogP contribution in [0.15, 0.2) is 12.4 Å². The van der Waals surface area contributed by atoms with Crippen molar-refractivity contribution in [2.24, 2.45) is 5.41 Å². The second kappa shape index (κ2) is 5.75. The molecule has 2 heterocycles. The number of aliphatic carboxylic acids is 1. The van der Waals surface area contributed by atoms with Gasteiger partial charge >= 0.3 is 12.0 Å². The van der Waals surface area contributed by atoms with E-state index in [1.807, 2.05) is 13.8 Å². The third-order valence-electron chi connectivity index (χ3n) is 4.02. The number of carbonyl (C=O) groups excluding carboxylic acids is 1. The lowest BCUT2D eigenvalue weighted by Gasteiger charge is -2.44. The van der Waals surface area contributed by atoms with E-state index in [9.17, 15) is 14.7 Å². The van der Waals surface area contributed by atoms with Gasteiger partial charge in [0.25, 0.3) is 0 Å². The minimum Gasteiger partial charge on any atom is -0.480 e. The van der Waals surface area contributed by atoms with Crippen molar-refractivity contribution in [3.05, 3.63) is 18.2 Å². The average molecular weight is 294 g/mol. The Hall–Kier alpha value is -2.05. The minimum absolute atomic E-state index is 0.272. The number of aromatic amines is 1. The Labute approximate surface area is 124 Å². The van der Waals surface area contributed by atoms with E-state index in [0.717, 1.165) is 12.8 Å². The molecule has 0 aliphatic carbocycles. The first-order valence-corrected chi connectivity index (χ1v) is 7.06. The number of piperidine rings is 1. The zero-order chi connectivity index (χ0) is 15.6. The number of carboxylic acid groups (broad SMARTS) is 1. The number of nitrogens with zero attached hydrogens (tertiary/aromatic N) is 3. The van der Waals surface area contributed by atoms with E-state index >= 15 is 0 Å². The quantitative estimate of drug-likeness (QED) is 0.884. The number of carboxylic acids is 1. The monoisotopic (exact) mass is 294 g/mol.